The summed E-state index contributed by atoms with van der Waals surface area (Å²) in [6.07, 6.45) is 0. The Morgan fingerprint density at radius 3 is 0.938 bits per heavy atom. The minimum atomic E-state index is 1.23. The first-order chi connectivity index (χ1) is 31.8. The molecule has 0 spiro atoms. The summed E-state index contributed by atoms with van der Waals surface area (Å²) in [6.45, 7) is 0. The number of hydrogen-bond donors (Lipinski definition) is 0. The second-order valence-electron chi connectivity index (χ2n) is 17.7. The molecule has 292 valence electrons. The van der Waals surface area contributed by atoms with Gasteiger partial charge >= 0.3 is 0 Å². The van der Waals surface area contributed by atoms with E-state index in [9.17, 15) is 0 Å². The second kappa shape index (κ2) is 12.6. The summed E-state index contributed by atoms with van der Waals surface area (Å²) < 4.78 is 0. The summed E-state index contributed by atoms with van der Waals surface area (Å²) in [4.78, 5) is 0. The average Bonchev–Trinajstić information content (AvgIpc) is 3.88. The maximum absolute atomic E-state index is 2.46. The Morgan fingerprint density at radius 1 is 0.156 bits per heavy atom. The highest BCUT2D eigenvalue weighted by atomic mass is 14.3. The Bertz CT molecular complexity index is 4350. The standard InChI is InChI=1S/C64H36/c1-5-17-37(18-6-1)42-33-35-50-55-44(42)27-15-31-48(55)60-58(50)54(41-23-11-4-12-24-41)63-53(40-21-9-3-10-22-40)57-46-29-13-25-39-26-14-30-47(52(39)46)59(57)61-49-32-16-28-45-43(38-19-7-2-8-20-38)34-36-51(56(45)49)62(60)64(61)63/h1-36H. The summed E-state index contributed by atoms with van der Waals surface area (Å²) >= 11 is 0. The van der Waals surface area contributed by atoms with Crippen molar-refractivity contribution >= 4 is 108 Å². The van der Waals surface area contributed by atoms with Gasteiger partial charge in [0.2, 0.25) is 0 Å². The molecule has 0 heteroatoms. The van der Waals surface area contributed by atoms with Gasteiger partial charge in [0.05, 0.1) is 0 Å². The Morgan fingerprint density at radius 2 is 0.484 bits per heavy atom. The lowest BCUT2D eigenvalue weighted by atomic mass is 9.78. The van der Waals surface area contributed by atoms with Gasteiger partial charge in [0.25, 0.3) is 0 Å². The molecule has 0 aliphatic heterocycles. The smallest absolute Gasteiger partial charge is 0.0000476 e. The van der Waals surface area contributed by atoms with Crippen molar-refractivity contribution in [2.75, 3.05) is 0 Å². The van der Waals surface area contributed by atoms with Crippen LogP contribution in [0.5, 0.6) is 0 Å². The number of hydrogen-bond acceptors (Lipinski definition) is 0. The molecule has 0 bridgehead atoms. The van der Waals surface area contributed by atoms with Gasteiger partial charge in [0.15, 0.2) is 0 Å². The quantitative estimate of drug-likeness (QED) is 0.123. The van der Waals surface area contributed by atoms with Crippen molar-refractivity contribution in [1.82, 2.24) is 0 Å². The molecule has 0 unspecified atom stereocenters. The van der Waals surface area contributed by atoms with E-state index in [2.05, 4.69) is 218 Å². The zero-order valence-corrected chi connectivity index (χ0v) is 34.8. The van der Waals surface area contributed by atoms with Gasteiger partial charge in [-0.05, 0) is 152 Å². The molecule has 15 aromatic rings. The molecule has 0 heterocycles. The zero-order chi connectivity index (χ0) is 41.6. The molecule has 0 saturated carbocycles. The van der Waals surface area contributed by atoms with Crippen LogP contribution in [0.3, 0.4) is 0 Å². The monoisotopic (exact) mass is 804 g/mol. The Labute approximate surface area is 368 Å². The summed E-state index contributed by atoms with van der Waals surface area (Å²) in [6, 6.07) is 82.1. The zero-order valence-electron chi connectivity index (χ0n) is 34.8. The van der Waals surface area contributed by atoms with E-state index in [1.54, 1.807) is 0 Å². The molecule has 0 aliphatic rings. The van der Waals surface area contributed by atoms with E-state index < -0.39 is 0 Å². The molecular weight excluding hydrogens is 769 g/mol. The third-order valence-electron chi connectivity index (χ3n) is 14.6. The summed E-state index contributed by atoms with van der Waals surface area (Å²) in [5.41, 5.74) is 10.1. The van der Waals surface area contributed by atoms with Gasteiger partial charge in [0, 0.05) is 0 Å². The summed E-state index contributed by atoms with van der Waals surface area (Å²) in [7, 11) is 0. The van der Waals surface area contributed by atoms with Gasteiger partial charge in [-0.2, -0.15) is 0 Å². The molecule has 0 fully saturated rings. The predicted octanol–water partition coefficient (Wildman–Crippen LogP) is 18.2. The van der Waals surface area contributed by atoms with Crippen LogP contribution in [0.15, 0.2) is 218 Å². The predicted molar refractivity (Wildman–Crippen MR) is 277 cm³/mol. The maximum atomic E-state index is 2.46. The van der Waals surface area contributed by atoms with Gasteiger partial charge in [-0.3, -0.25) is 0 Å². The molecule has 0 atom stereocenters. The lowest BCUT2D eigenvalue weighted by molar-refractivity contribution is 1.66. The van der Waals surface area contributed by atoms with Gasteiger partial charge < -0.3 is 0 Å². The van der Waals surface area contributed by atoms with Crippen LogP contribution in [0.25, 0.3) is 152 Å². The lowest BCUT2D eigenvalue weighted by Gasteiger charge is -2.24. The fourth-order valence-electron chi connectivity index (χ4n) is 12.3. The van der Waals surface area contributed by atoms with E-state index in [4.69, 9.17) is 0 Å². The first-order valence-electron chi connectivity index (χ1n) is 22.4. The molecule has 0 aliphatic carbocycles. The molecule has 0 nitrogen and oxygen atoms in total. The number of fused-ring (bicyclic) bond motifs is 10. The van der Waals surface area contributed by atoms with Crippen LogP contribution in [-0.4, -0.2) is 0 Å². The highest BCUT2D eigenvalue weighted by Gasteiger charge is 2.31. The van der Waals surface area contributed by atoms with Gasteiger partial charge in [-0.1, -0.05) is 218 Å². The third kappa shape index (κ3) is 4.32. The molecule has 15 rings (SSSR count). The molecular formula is C64H36. The van der Waals surface area contributed by atoms with Gasteiger partial charge in [0.1, 0.15) is 0 Å². The van der Waals surface area contributed by atoms with Crippen molar-refractivity contribution in [1.29, 1.82) is 0 Å². The highest BCUT2D eigenvalue weighted by Crippen LogP contribution is 2.60. The number of benzene rings is 13. The fraction of sp³-hybridized carbons (Fsp3) is 0. The van der Waals surface area contributed by atoms with Crippen molar-refractivity contribution in [3.8, 4) is 44.5 Å². The highest BCUT2D eigenvalue weighted by molar-refractivity contribution is 6.55. The Balaban J connectivity index is 1.33. The Hall–Kier alpha value is -8.32. The molecule has 0 amide bonds. The van der Waals surface area contributed by atoms with Crippen molar-refractivity contribution in [3.63, 3.8) is 0 Å². The van der Waals surface area contributed by atoms with Crippen LogP contribution in [0.4, 0.5) is 0 Å². The van der Waals surface area contributed by atoms with Crippen LogP contribution in [0.2, 0.25) is 0 Å². The molecule has 0 saturated heterocycles. The SMILES string of the molecule is c1ccc(-c2ccc3c4c(-c5ccccc5)c5c(-c6ccccc6)c6c7cccc8cccc(c87)c6c6c7cccc8c(-c9ccccc9)ccc(c87)c(c4c4cccc2c34)c56)cc1. The first kappa shape index (κ1) is 34.3. The van der Waals surface area contributed by atoms with Crippen LogP contribution in [0.1, 0.15) is 0 Å². The van der Waals surface area contributed by atoms with Crippen molar-refractivity contribution in [2.45, 2.75) is 0 Å². The van der Waals surface area contributed by atoms with E-state index in [0.29, 0.717) is 0 Å². The molecule has 0 aromatic heterocycles. The van der Waals surface area contributed by atoms with Crippen LogP contribution >= 0.6 is 0 Å². The van der Waals surface area contributed by atoms with Crippen LogP contribution < -0.4 is 0 Å². The Kier molecular flexibility index (Phi) is 6.77. The second-order valence-corrected chi connectivity index (χ2v) is 17.7. The van der Waals surface area contributed by atoms with Crippen molar-refractivity contribution in [2.24, 2.45) is 0 Å². The minimum Gasteiger partial charge on any atom is -0.0622 e. The molecule has 0 radical (unpaired) electrons. The summed E-state index contributed by atoms with van der Waals surface area (Å²) in [5, 5.41) is 26.5. The van der Waals surface area contributed by atoms with E-state index in [-0.39, 0.29) is 0 Å². The summed E-state index contributed by atoms with van der Waals surface area (Å²) in [5.74, 6) is 0. The van der Waals surface area contributed by atoms with Gasteiger partial charge in [-0.25, -0.2) is 0 Å². The van der Waals surface area contributed by atoms with E-state index >= 15 is 0 Å². The normalized spacial score (nSPS) is 12.4. The van der Waals surface area contributed by atoms with E-state index in [1.165, 1.54) is 152 Å². The van der Waals surface area contributed by atoms with Crippen molar-refractivity contribution in [3.05, 3.63) is 218 Å². The molecule has 15 aromatic carbocycles. The third-order valence-corrected chi connectivity index (χ3v) is 14.6. The fourth-order valence-corrected chi connectivity index (χ4v) is 12.3. The maximum Gasteiger partial charge on any atom is -0.0000476 e. The first-order valence-corrected chi connectivity index (χ1v) is 22.4. The average molecular weight is 805 g/mol. The van der Waals surface area contributed by atoms with E-state index in [0.717, 1.165) is 0 Å². The molecule has 64 heavy (non-hydrogen) atoms. The van der Waals surface area contributed by atoms with Gasteiger partial charge in [-0.15, -0.1) is 0 Å². The topological polar surface area (TPSA) is 0 Å². The van der Waals surface area contributed by atoms with Crippen LogP contribution in [0, 0.1) is 0 Å². The van der Waals surface area contributed by atoms with Crippen LogP contribution in [-0.2, 0) is 0 Å². The number of rotatable bonds is 4. The minimum absolute atomic E-state index is 1.23. The van der Waals surface area contributed by atoms with E-state index in [1.807, 2.05) is 0 Å². The largest absolute Gasteiger partial charge is 0.0622 e. The lowest BCUT2D eigenvalue weighted by Crippen LogP contribution is -1.95. The van der Waals surface area contributed by atoms with Crippen molar-refractivity contribution < 1.29 is 0 Å². The molecule has 0 N–H and O–H groups in total.